The number of aromatic amines is 1. The number of likely N-dealkylation sites (tertiary alicyclic amines) is 1. The highest BCUT2D eigenvalue weighted by atomic mass is 16.6. The van der Waals surface area contributed by atoms with Crippen molar-refractivity contribution in [2.24, 2.45) is 0 Å². The number of hydrogen-bond acceptors (Lipinski definition) is 3. The van der Waals surface area contributed by atoms with Crippen molar-refractivity contribution in [1.82, 2.24) is 14.9 Å². The summed E-state index contributed by atoms with van der Waals surface area (Å²) in [6.45, 7) is 7.04. The van der Waals surface area contributed by atoms with Gasteiger partial charge in [0.1, 0.15) is 11.4 Å². The average molecular weight is 287 g/mol. The third-order valence-corrected chi connectivity index (χ3v) is 3.63. The first-order valence-electron chi connectivity index (χ1n) is 7.35. The molecule has 0 saturated carbocycles. The average Bonchev–Trinajstić information content (AvgIpc) is 3.03. The number of nitrogens with zero attached hydrogens (tertiary/aromatic N) is 2. The van der Waals surface area contributed by atoms with Gasteiger partial charge in [-0.25, -0.2) is 9.78 Å². The molecule has 3 rings (SSSR count). The molecule has 0 aliphatic carbocycles. The molecule has 5 heteroatoms. The zero-order valence-electron chi connectivity index (χ0n) is 12.7. The molecular weight excluding hydrogens is 266 g/mol. The molecule has 1 aliphatic heterocycles. The number of aromatic nitrogens is 2. The van der Waals surface area contributed by atoms with Crippen LogP contribution in [-0.2, 0) is 4.74 Å². The van der Waals surface area contributed by atoms with Crippen molar-refractivity contribution in [1.29, 1.82) is 0 Å². The number of rotatable bonds is 1. The van der Waals surface area contributed by atoms with Gasteiger partial charge in [-0.3, -0.25) is 0 Å². The number of ether oxygens (including phenoxy) is 1. The van der Waals surface area contributed by atoms with Crippen molar-refractivity contribution in [3.05, 3.63) is 30.1 Å². The lowest BCUT2D eigenvalue weighted by Crippen LogP contribution is -2.35. The van der Waals surface area contributed by atoms with E-state index >= 15 is 0 Å². The summed E-state index contributed by atoms with van der Waals surface area (Å²) in [5, 5.41) is 0. The van der Waals surface area contributed by atoms with E-state index in [1.165, 1.54) is 0 Å². The van der Waals surface area contributed by atoms with E-state index in [0.29, 0.717) is 6.54 Å². The number of carbonyl (C=O) groups is 1. The molecule has 112 valence electrons. The topological polar surface area (TPSA) is 58.2 Å². The molecule has 1 aromatic heterocycles. The van der Waals surface area contributed by atoms with E-state index < -0.39 is 5.60 Å². The summed E-state index contributed by atoms with van der Waals surface area (Å²) in [5.74, 6) is 1.21. The van der Waals surface area contributed by atoms with Gasteiger partial charge >= 0.3 is 6.09 Å². The Morgan fingerprint density at radius 3 is 2.86 bits per heavy atom. The second-order valence-electron chi connectivity index (χ2n) is 6.55. The van der Waals surface area contributed by atoms with Gasteiger partial charge in [-0.1, -0.05) is 12.1 Å². The summed E-state index contributed by atoms with van der Waals surface area (Å²) >= 11 is 0. The number of fused-ring (bicyclic) bond motifs is 1. The highest BCUT2D eigenvalue weighted by molar-refractivity contribution is 5.75. The van der Waals surface area contributed by atoms with Crippen molar-refractivity contribution >= 4 is 17.1 Å². The van der Waals surface area contributed by atoms with E-state index in [4.69, 9.17) is 4.74 Å². The monoisotopic (exact) mass is 287 g/mol. The van der Waals surface area contributed by atoms with E-state index in [1.807, 2.05) is 45.0 Å². The van der Waals surface area contributed by atoms with Crippen molar-refractivity contribution in [3.63, 3.8) is 0 Å². The SMILES string of the molecule is CC(C)(C)OC(=O)N1CCC(c2nc3ccccc3[nH]2)C1. The molecule has 2 heterocycles. The Bertz CT molecular complexity index is 624. The Labute approximate surface area is 124 Å². The summed E-state index contributed by atoms with van der Waals surface area (Å²) in [6, 6.07) is 7.99. The first kappa shape index (κ1) is 13.9. The largest absolute Gasteiger partial charge is 0.444 e. The standard InChI is InChI=1S/C16H21N3O2/c1-16(2,3)21-15(20)19-9-8-11(10-19)14-17-12-6-4-5-7-13(12)18-14/h4-7,11H,8-10H2,1-3H3,(H,17,18). The smallest absolute Gasteiger partial charge is 0.410 e. The quantitative estimate of drug-likeness (QED) is 0.875. The summed E-state index contributed by atoms with van der Waals surface area (Å²) in [4.78, 5) is 21.8. The summed E-state index contributed by atoms with van der Waals surface area (Å²) in [6.07, 6.45) is 0.681. The van der Waals surface area contributed by atoms with Crippen LogP contribution in [0.4, 0.5) is 4.79 Å². The van der Waals surface area contributed by atoms with E-state index in [1.54, 1.807) is 4.90 Å². The molecule has 1 fully saturated rings. The van der Waals surface area contributed by atoms with Gasteiger partial charge < -0.3 is 14.6 Å². The third-order valence-electron chi connectivity index (χ3n) is 3.63. The lowest BCUT2D eigenvalue weighted by Gasteiger charge is -2.24. The predicted molar refractivity (Wildman–Crippen MR) is 81.3 cm³/mol. The molecule has 5 nitrogen and oxygen atoms in total. The molecule has 1 unspecified atom stereocenters. The van der Waals surface area contributed by atoms with Crippen LogP contribution in [0, 0.1) is 0 Å². The molecule has 0 radical (unpaired) electrons. The van der Waals surface area contributed by atoms with Gasteiger partial charge in [-0.15, -0.1) is 0 Å². The fourth-order valence-electron chi connectivity index (χ4n) is 2.64. The van der Waals surface area contributed by atoms with Crippen LogP contribution in [0.3, 0.4) is 0 Å². The van der Waals surface area contributed by atoms with Crippen LogP contribution in [0.1, 0.15) is 38.9 Å². The van der Waals surface area contributed by atoms with Crippen LogP contribution >= 0.6 is 0 Å². The zero-order valence-corrected chi connectivity index (χ0v) is 12.7. The highest BCUT2D eigenvalue weighted by Gasteiger charge is 2.31. The van der Waals surface area contributed by atoms with Gasteiger partial charge in [-0.2, -0.15) is 0 Å². The molecule has 1 amide bonds. The zero-order chi connectivity index (χ0) is 15.0. The fraction of sp³-hybridized carbons (Fsp3) is 0.500. The fourth-order valence-corrected chi connectivity index (χ4v) is 2.64. The third kappa shape index (κ3) is 3.01. The number of imidazole rings is 1. The van der Waals surface area contributed by atoms with Gasteiger partial charge in [0, 0.05) is 19.0 Å². The van der Waals surface area contributed by atoms with Crippen molar-refractivity contribution < 1.29 is 9.53 Å². The maximum absolute atomic E-state index is 12.1. The van der Waals surface area contributed by atoms with Crippen LogP contribution in [0.15, 0.2) is 24.3 Å². The Hall–Kier alpha value is -2.04. The Morgan fingerprint density at radius 2 is 2.14 bits per heavy atom. The first-order valence-corrected chi connectivity index (χ1v) is 7.35. The Kier molecular flexibility index (Phi) is 3.35. The van der Waals surface area contributed by atoms with Gasteiger partial charge in [0.2, 0.25) is 0 Å². The Balaban J connectivity index is 1.70. The number of nitrogens with one attached hydrogen (secondary N) is 1. The number of amides is 1. The highest BCUT2D eigenvalue weighted by Crippen LogP contribution is 2.27. The Morgan fingerprint density at radius 1 is 1.38 bits per heavy atom. The van der Waals surface area contributed by atoms with E-state index in [-0.39, 0.29) is 12.0 Å². The summed E-state index contributed by atoms with van der Waals surface area (Å²) in [5.41, 5.74) is 1.57. The van der Waals surface area contributed by atoms with Crippen LogP contribution in [0.5, 0.6) is 0 Å². The van der Waals surface area contributed by atoms with Gasteiger partial charge in [-0.05, 0) is 39.3 Å². The van der Waals surface area contributed by atoms with Gasteiger partial charge in [0.05, 0.1) is 11.0 Å². The van der Waals surface area contributed by atoms with E-state index in [0.717, 1.165) is 29.8 Å². The predicted octanol–water partition coefficient (Wildman–Crippen LogP) is 3.29. The normalized spacial score (nSPS) is 19.2. The summed E-state index contributed by atoms with van der Waals surface area (Å²) < 4.78 is 5.42. The van der Waals surface area contributed by atoms with Gasteiger partial charge in [0.25, 0.3) is 0 Å². The number of H-pyrrole nitrogens is 1. The van der Waals surface area contributed by atoms with Crippen molar-refractivity contribution in [3.8, 4) is 0 Å². The minimum absolute atomic E-state index is 0.235. The maximum atomic E-state index is 12.1. The second-order valence-corrected chi connectivity index (χ2v) is 6.55. The number of carbonyl (C=O) groups excluding carboxylic acids is 1. The molecule has 2 aromatic rings. The second kappa shape index (κ2) is 5.06. The molecule has 1 aliphatic rings. The lowest BCUT2D eigenvalue weighted by atomic mass is 10.1. The number of benzene rings is 1. The molecule has 0 bridgehead atoms. The minimum Gasteiger partial charge on any atom is -0.444 e. The lowest BCUT2D eigenvalue weighted by molar-refractivity contribution is 0.0292. The van der Waals surface area contributed by atoms with Crippen LogP contribution in [-0.4, -0.2) is 39.7 Å². The molecule has 1 aromatic carbocycles. The van der Waals surface area contributed by atoms with Crippen molar-refractivity contribution in [2.45, 2.75) is 38.7 Å². The number of hydrogen-bond donors (Lipinski definition) is 1. The number of para-hydroxylation sites is 2. The van der Waals surface area contributed by atoms with E-state index in [2.05, 4.69) is 9.97 Å². The van der Waals surface area contributed by atoms with Crippen molar-refractivity contribution in [2.75, 3.05) is 13.1 Å². The van der Waals surface area contributed by atoms with Crippen LogP contribution < -0.4 is 0 Å². The first-order chi connectivity index (χ1) is 9.92. The van der Waals surface area contributed by atoms with Crippen LogP contribution in [0.25, 0.3) is 11.0 Å². The van der Waals surface area contributed by atoms with Crippen LogP contribution in [0.2, 0.25) is 0 Å². The molecular formula is C16H21N3O2. The maximum Gasteiger partial charge on any atom is 0.410 e. The molecule has 0 spiro atoms. The van der Waals surface area contributed by atoms with Gasteiger partial charge in [0.15, 0.2) is 0 Å². The molecule has 21 heavy (non-hydrogen) atoms. The van der Waals surface area contributed by atoms with E-state index in [9.17, 15) is 4.79 Å². The minimum atomic E-state index is -0.450. The molecule has 1 N–H and O–H groups in total. The summed E-state index contributed by atoms with van der Waals surface area (Å²) in [7, 11) is 0. The molecule has 1 saturated heterocycles. The molecule has 1 atom stereocenters.